The molecule has 7 heteroatoms. The largest absolute Gasteiger partial charge is 0.323 e. The summed E-state index contributed by atoms with van der Waals surface area (Å²) in [6.07, 6.45) is 2.79. The third-order valence-corrected chi connectivity index (χ3v) is 4.37. The van der Waals surface area contributed by atoms with Gasteiger partial charge in [0.1, 0.15) is 4.90 Å². The maximum atomic E-state index is 12.0. The van der Waals surface area contributed by atoms with E-state index in [0.29, 0.717) is 12.2 Å². The van der Waals surface area contributed by atoms with E-state index in [4.69, 9.17) is 5.84 Å². The van der Waals surface area contributed by atoms with Gasteiger partial charge >= 0.3 is 0 Å². The number of anilines is 1. The molecule has 5 nitrogen and oxygen atoms in total. The van der Waals surface area contributed by atoms with Crippen LogP contribution >= 0.6 is 11.8 Å². The molecule has 0 amide bonds. The van der Waals surface area contributed by atoms with Crippen molar-refractivity contribution in [1.82, 2.24) is 4.72 Å². The molecular formula is C10H17N3O2S2. The summed E-state index contributed by atoms with van der Waals surface area (Å²) in [7, 11) is -3.49. The van der Waals surface area contributed by atoms with E-state index in [1.807, 2.05) is 6.26 Å². The number of rotatable bonds is 7. The second kappa shape index (κ2) is 6.85. The lowest BCUT2D eigenvalue weighted by molar-refractivity contribution is 0.581. The molecule has 0 spiro atoms. The molecule has 1 aromatic carbocycles. The number of hydrogen-bond donors (Lipinski definition) is 3. The fraction of sp³-hybridized carbons (Fsp3) is 0.400. The molecule has 0 saturated carbocycles. The molecule has 96 valence electrons. The second-order valence-corrected chi connectivity index (χ2v) is 6.11. The Bertz CT molecular complexity index is 449. The van der Waals surface area contributed by atoms with E-state index in [0.717, 1.165) is 12.2 Å². The molecule has 0 heterocycles. The second-order valence-electron chi connectivity index (χ2n) is 3.38. The van der Waals surface area contributed by atoms with Crippen LogP contribution < -0.4 is 16.0 Å². The van der Waals surface area contributed by atoms with Gasteiger partial charge in [0.05, 0.1) is 5.69 Å². The molecule has 0 radical (unpaired) electrons. The average molecular weight is 275 g/mol. The van der Waals surface area contributed by atoms with Crippen molar-refractivity contribution in [1.29, 1.82) is 0 Å². The van der Waals surface area contributed by atoms with Crippen LogP contribution in [0.4, 0.5) is 5.69 Å². The van der Waals surface area contributed by atoms with E-state index in [2.05, 4.69) is 10.1 Å². The highest BCUT2D eigenvalue weighted by molar-refractivity contribution is 7.98. The Morgan fingerprint density at radius 1 is 1.35 bits per heavy atom. The van der Waals surface area contributed by atoms with Crippen molar-refractivity contribution >= 4 is 27.5 Å². The number of benzene rings is 1. The highest BCUT2D eigenvalue weighted by Gasteiger charge is 2.16. The first-order valence-electron chi connectivity index (χ1n) is 5.16. The number of para-hydroxylation sites is 1. The van der Waals surface area contributed by atoms with E-state index < -0.39 is 10.0 Å². The molecule has 0 saturated heterocycles. The zero-order valence-electron chi connectivity index (χ0n) is 9.64. The van der Waals surface area contributed by atoms with E-state index in [1.165, 1.54) is 6.07 Å². The number of nitrogens with two attached hydrogens (primary N) is 1. The molecular weight excluding hydrogens is 258 g/mol. The standard InChI is InChI=1S/C10H17N3O2S2/c1-16-8-4-7-12-17(14,15)10-6-3-2-5-9(10)13-11/h2-3,5-6,12-13H,4,7-8,11H2,1H3. The lowest BCUT2D eigenvalue weighted by atomic mass is 10.3. The van der Waals surface area contributed by atoms with Crippen molar-refractivity contribution in [2.45, 2.75) is 11.3 Å². The highest BCUT2D eigenvalue weighted by atomic mass is 32.2. The predicted octanol–water partition coefficient (Wildman–Crippen LogP) is 1.00. The highest BCUT2D eigenvalue weighted by Crippen LogP contribution is 2.19. The number of thioether (sulfide) groups is 1. The minimum absolute atomic E-state index is 0.173. The van der Waals surface area contributed by atoms with Crippen molar-refractivity contribution < 1.29 is 8.42 Å². The minimum Gasteiger partial charge on any atom is -0.323 e. The van der Waals surface area contributed by atoms with Crippen LogP contribution in [0.25, 0.3) is 0 Å². The lowest BCUT2D eigenvalue weighted by Crippen LogP contribution is -2.26. The Morgan fingerprint density at radius 3 is 2.71 bits per heavy atom. The molecule has 17 heavy (non-hydrogen) atoms. The number of nitrogens with one attached hydrogen (secondary N) is 2. The smallest absolute Gasteiger partial charge is 0.242 e. The van der Waals surface area contributed by atoms with Crippen LogP contribution in [0.5, 0.6) is 0 Å². The van der Waals surface area contributed by atoms with Crippen molar-refractivity contribution in [2.24, 2.45) is 5.84 Å². The van der Waals surface area contributed by atoms with Gasteiger partial charge in [-0.15, -0.1) is 0 Å². The molecule has 4 N–H and O–H groups in total. The SMILES string of the molecule is CSCCCNS(=O)(=O)c1ccccc1NN. The third kappa shape index (κ3) is 4.19. The Balaban J connectivity index is 2.75. The molecule has 0 fully saturated rings. The molecule has 1 rings (SSSR count). The lowest BCUT2D eigenvalue weighted by Gasteiger charge is -2.10. The van der Waals surface area contributed by atoms with Crippen LogP contribution in [0.3, 0.4) is 0 Å². The first kappa shape index (κ1) is 14.3. The monoisotopic (exact) mass is 275 g/mol. The maximum absolute atomic E-state index is 12.0. The summed E-state index contributed by atoms with van der Waals surface area (Å²) in [5.41, 5.74) is 2.77. The van der Waals surface area contributed by atoms with Gasteiger partial charge in [-0.3, -0.25) is 5.84 Å². The van der Waals surface area contributed by atoms with Crippen molar-refractivity contribution in [3.8, 4) is 0 Å². The predicted molar refractivity (Wildman–Crippen MR) is 72.4 cm³/mol. The van der Waals surface area contributed by atoms with Gasteiger partial charge in [-0.2, -0.15) is 11.8 Å². The third-order valence-electron chi connectivity index (χ3n) is 2.15. The fourth-order valence-corrected chi connectivity index (χ4v) is 3.00. The van der Waals surface area contributed by atoms with Gasteiger partial charge in [0.25, 0.3) is 0 Å². The van der Waals surface area contributed by atoms with Crippen LogP contribution in [0.1, 0.15) is 6.42 Å². The first-order valence-corrected chi connectivity index (χ1v) is 8.04. The molecule has 1 aromatic rings. The Labute approximate surface area is 106 Å². The summed E-state index contributed by atoms with van der Waals surface area (Å²) in [4.78, 5) is 0.173. The van der Waals surface area contributed by atoms with Gasteiger partial charge < -0.3 is 5.43 Å². The van der Waals surface area contributed by atoms with Crippen LogP contribution in [0, 0.1) is 0 Å². The van der Waals surface area contributed by atoms with Gasteiger partial charge in [0.2, 0.25) is 10.0 Å². The van der Waals surface area contributed by atoms with Gasteiger partial charge in [-0.25, -0.2) is 13.1 Å². The Morgan fingerprint density at radius 2 is 2.06 bits per heavy atom. The van der Waals surface area contributed by atoms with E-state index in [-0.39, 0.29) is 4.90 Å². The zero-order valence-corrected chi connectivity index (χ0v) is 11.3. The number of sulfonamides is 1. The van der Waals surface area contributed by atoms with Gasteiger partial charge in [-0.05, 0) is 30.6 Å². The molecule has 0 aliphatic heterocycles. The Hall–Kier alpha value is -0.760. The van der Waals surface area contributed by atoms with Crippen LogP contribution in [0.2, 0.25) is 0 Å². The summed E-state index contributed by atoms with van der Waals surface area (Å²) in [6.45, 7) is 0.433. The van der Waals surface area contributed by atoms with Crippen LogP contribution in [-0.2, 0) is 10.0 Å². The van der Waals surface area contributed by atoms with Gasteiger partial charge in [0.15, 0.2) is 0 Å². The molecule has 0 atom stereocenters. The van der Waals surface area contributed by atoms with Gasteiger partial charge in [-0.1, -0.05) is 12.1 Å². The molecule has 0 unspecified atom stereocenters. The molecule has 0 bridgehead atoms. The van der Waals surface area contributed by atoms with Gasteiger partial charge in [0, 0.05) is 6.54 Å². The topological polar surface area (TPSA) is 84.2 Å². The number of hydrogen-bond acceptors (Lipinski definition) is 5. The zero-order chi connectivity index (χ0) is 12.7. The van der Waals surface area contributed by atoms with E-state index in [9.17, 15) is 8.42 Å². The average Bonchev–Trinajstić information content (AvgIpc) is 2.34. The summed E-state index contributed by atoms with van der Waals surface area (Å²) in [6, 6.07) is 6.53. The van der Waals surface area contributed by atoms with E-state index >= 15 is 0 Å². The molecule has 0 aromatic heterocycles. The molecule has 0 aliphatic rings. The first-order chi connectivity index (χ1) is 8.11. The minimum atomic E-state index is -3.49. The van der Waals surface area contributed by atoms with Crippen LogP contribution in [0.15, 0.2) is 29.2 Å². The Kier molecular flexibility index (Phi) is 5.76. The van der Waals surface area contributed by atoms with E-state index in [1.54, 1.807) is 30.0 Å². The quantitative estimate of drug-likeness (QED) is 0.393. The number of nitrogen functional groups attached to an aromatic ring is 1. The number of hydrazine groups is 1. The summed E-state index contributed by atoms with van der Waals surface area (Å²) >= 11 is 1.69. The van der Waals surface area contributed by atoms with Crippen molar-refractivity contribution in [2.75, 3.05) is 24.0 Å². The summed E-state index contributed by atoms with van der Waals surface area (Å²) < 4.78 is 26.5. The molecule has 0 aliphatic carbocycles. The van der Waals surface area contributed by atoms with Crippen molar-refractivity contribution in [3.05, 3.63) is 24.3 Å². The normalized spacial score (nSPS) is 11.4. The van der Waals surface area contributed by atoms with Crippen LogP contribution in [-0.4, -0.2) is 27.0 Å². The maximum Gasteiger partial charge on any atom is 0.242 e. The van der Waals surface area contributed by atoms with Crippen molar-refractivity contribution in [3.63, 3.8) is 0 Å². The summed E-state index contributed by atoms with van der Waals surface area (Å²) in [5, 5.41) is 0. The fourth-order valence-electron chi connectivity index (χ4n) is 1.32. The summed E-state index contributed by atoms with van der Waals surface area (Å²) in [5.74, 6) is 6.21.